The van der Waals surface area contributed by atoms with Crippen LogP contribution in [0.1, 0.15) is 280 Å². The maximum Gasteiger partial charge on any atom is 0.471 e. The van der Waals surface area contributed by atoms with Crippen LogP contribution in [0.4, 0.5) is 13.2 Å². The van der Waals surface area contributed by atoms with Crippen molar-refractivity contribution in [1.29, 1.82) is 0 Å². The second-order valence-electron chi connectivity index (χ2n) is 33.0. The molecular weight excluding hydrogens is 1630 g/mol. The Hall–Kier alpha value is -9.53. The van der Waals surface area contributed by atoms with Gasteiger partial charge in [-0.15, -0.1) is 0 Å². The molecule has 122 heavy (non-hydrogen) atoms. The molecule has 8 aromatic carbocycles. The third-order valence-corrected chi connectivity index (χ3v) is 26.5. The largest absolute Gasteiger partial charge is 0.471 e. The summed E-state index contributed by atoms with van der Waals surface area (Å²) in [6.45, 7) is 9.74. The zero-order valence-electron chi connectivity index (χ0n) is 70.2. The molecular formula is C99H111Cl4F3N8O8. The van der Waals surface area contributed by atoms with Crippen molar-refractivity contribution in [3.63, 3.8) is 0 Å². The molecule has 0 spiro atoms. The van der Waals surface area contributed by atoms with Crippen LogP contribution in [0.2, 0.25) is 20.1 Å². The highest BCUT2D eigenvalue weighted by molar-refractivity contribution is 6.31. The van der Waals surface area contributed by atoms with Crippen LogP contribution in [-0.4, -0.2) is 145 Å². The van der Waals surface area contributed by atoms with Crippen molar-refractivity contribution in [2.24, 2.45) is 0 Å². The number of alkyl halides is 3. The van der Waals surface area contributed by atoms with Crippen LogP contribution in [-0.2, 0) is 41.8 Å². The minimum Gasteiger partial charge on any atom is -0.310 e. The number of hydrogen-bond acceptors (Lipinski definition) is 8. The number of nitrogens with zero attached hydrogens (tertiary/aromatic N) is 8. The number of carbonyl (C=O) groups excluding carboxylic acids is 8. The summed E-state index contributed by atoms with van der Waals surface area (Å²) in [4.78, 5) is 119. The van der Waals surface area contributed by atoms with Crippen LogP contribution in [0.3, 0.4) is 0 Å². The lowest BCUT2D eigenvalue weighted by molar-refractivity contribution is -0.190. The van der Waals surface area contributed by atoms with Crippen molar-refractivity contribution in [1.82, 2.24) is 39.2 Å². The fraction of sp³-hybridized carbons (Fsp3) is 0.434. The first-order valence-corrected chi connectivity index (χ1v) is 45.6. The van der Waals surface area contributed by atoms with Gasteiger partial charge < -0.3 is 39.2 Å². The quantitative estimate of drug-likeness (QED) is 0.0388. The molecule has 4 atom stereocenters. The van der Waals surface area contributed by atoms with Crippen LogP contribution in [0.5, 0.6) is 0 Å². The Labute approximate surface area is 735 Å². The van der Waals surface area contributed by atoms with E-state index >= 15 is 0 Å². The molecule has 16 nitrogen and oxygen atoms in total. The number of unbranched alkanes of at least 4 members (excludes halogenated alkanes) is 21. The molecule has 0 bridgehead atoms. The molecule has 644 valence electrons. The van der Waals surface area contributed by atoms with Crippen LogP contribution in [0.25, 0.3) is 0 Å². The van der Waals surface area contributed by atoms with Crippen LogP contribution in [0.15, 0.2) is 194 Å². The Morgan fingerprint density at radius 2 is 0.475 bits per heavy atom. The van der Waals surface area contributed by atoms with Gasteiger partial charge in [0.05, 0.1) is 0 Å². The third kappa shape index (κ3) is 17.6. The van der Waals surface area contributed by atoms with Crippen LogP contribution < -0.4 is 0 Å². The first-order valence-electron chi connectivity index (χ1n) is 44.1. The molecule has 0 saturated carbocycles. The van der Waals surface area contributed by atoms with Gasteiger partial charge in [-0.1, -0.05) is 323 Å². The van der Waals surface area contributed by atoms with Crippen molar-refractivity contribution in [3.05, 3.63) is 281 Å². The van der Waals surface area contributed by atoms with Gasteiger partial charge in [-0.25, -0.2) is 0 Å². The second-order valence-corrected chi connectivity index (χ2v) is 34.7. The van der Waals surface area contributed by atoms with E-state index in [1.54, 1.807) is 36.4 Å². The van der Waals surface area contributed by atoms with Gasteiger partial charge in [0.15, 0.2) is 22.7 Å². The maximum absolute atomic E-state index is 13.6. The number of carbonyl (C=O) groups is 8. The fourth-order valence-electron chi connectivity index (χ4n) is 19.9. The monoisotopic (exact) mass is 1740 g/mol. The Morgan fingerprint density at radius 1 is 0.279 bits per heavy atom. The Kier molecular flexibility index (Phi) is 29.9. The number of rotatable bonds is 31. The minimum absolute atomic E-state index is 0.00168. The SMILES string of the molecule is CCCCCCC(=O)N1CCN2C(=O)c3ccccc3C12c1ccc(Cl)cc1.CCCCCCCCCC(=O)N1CCN2C(=O)c3ccccc3C12c1ccc(Cl)cc1.CCCCCCCCCCCCCCCC(=O)N1CCN2C(=O)c3ccccc3C12c1ccc(Cl)cc1.O=C1c2ccccc2C2(c3ccc(Cl)cc3)N1CCN2C(=O)C(F)(F)F. The van der Waals surface area contributed by atoms with Gasteiger partial charge in [0.2, 0.25) is 17.7 Å². The molecule has 23 heteroatoms. The number of benzene rings is 8. The van der Waals surface area contributed by atoms with E-state index in [1.807, 2.05) is 175 Å². The molecule has 0 radical (unpaired) electrons. The van der Waals surface area contributed by atoms with Crippen molar-refractivity contribution in [2.45, 2.75) is 223 Å². The molecule has 4 unspecified atom stereocenters. The molecule has 16 rings (SSSR count). The first-order chi connectivity index (χ1) is 59.1. The minimum atomic E-state index is -5.05. The zero-order chi connectivity index (χ0) is 86.4. The average Bonchev–Trinajstić information content (AvgIpc) is 1.56. The summed E-state index contributed by atoms with van der Waals surface area (Å²) in [5.41, 5.74) is 4.32. The van der Waals surface area contributed by atoms with E-state index < -0.39 is 40.6 Å². The molecule has 8 aliphatic rings. The number of hydrogen-bond donors (Lipinski definition) is 0. The summed E-state index contributed by atoms with van der Waals surface area (Å²) in [5, 5.41) is 2.33. The molecule has 0 N–H and O–H groups in total. The lowest BCUT2D eigenvalue weighted by Gasteiger charge is -2.40. The van der Waals surface area contributed by atoms with Gasteiger partial charge in [0, 0.05) is 158 Å². The fourth-order valence-corrected chi connectivity index (χ4v) is 20.4. The Balaban J connectivity index is 0.000000141. The lowest BCUT2D eigenvalue weighted by Crippen LogP contribution is -2.54. The Bertz CT molecular complexity index is 5040. The van der Waals surface area contributed by atoms with Crippen molar-refractivity contribution < 1.29 is 51.5 Å². The van der Waals surface area contributed by atoms with E-state index in [2.05, 4.69) is 20.8 Å². The van der Waals surface area contributed by atoms with Crippen LogP contribution in [0, 0.1) is 0 Å². The number of fused-ring (bicyclic) bond motifs is 12. The van der Waals surface area contributed by atoms with Crippen LogP contribution >= 0.6 is 46.4 Å². The van der Waals surface area contributed by atoms with Crippen molar-refractivity contribution in [3.8, 4) is 0 Å². The van der Waals surface area contributed by atoms with Gasteiger partial charge >= 0.3 is 12.1 Å². The number of halogens is 7. The van der Waals surface area contributed by atoms with E-state index in [0.29, 0.717) is 112 Å². The highest BCUT2D eigenvalue weighted by atomic mass is 35.5. The average molecular weight is 1740 g/mol. The smallest absolute Gasteiger partial charge is 0.310 e. The lowest BCUT2D eigenvalue weighted by atomic mass is 9.89. The normalized spacial score (nSPS) is 19.9. The van der Waals surface area contributed by atoms with Gasteiger partial charge in [-0.2, -0.15) is 13.2 Å². The molecule has 8 aliphatic heterocycles. The predicted molar refractivity (Wildman–Crippen MR) is 473 cm³/mol. The summed E-state index contributed by atoms with van der Waals surface area (Å²) in [5.74, 6) is -2.02. The topological polar surface area (TPSA) is 162 Å². The van der Waals surface area contributed by atoms with Gasteiger partial charge in [-0.3, -0.25) is 38.4 Å². The molecule has 0 aliphatic carbocycles. The third-order valence-electron chi connectivity index (χ3n) is 25.5. The first kappa shape index (κ1) is 90.2. The molecule has 8 amide bonds. The summed E-state index contributed by atoms with van der Waals surface area (Å²) in [7, 11) is 0. The Morgan fingerprint density at radius 3 is 0.705 bits per heavy atom. The maximum atomic E-state index is 13.6. The highest BCUT2D eigenvalue weighted by Crippen LogP contribution is 2.55. The number of amides is 8. The van der Waals surface area contributed by atoms with E-state index in [1.165, 1.54) is 120 Å². The molecule has 8 aromatic rings. The second kappa shape index (κ2) is 40.4. The zero-order valence-corrected chi connectivity index (χ0v) is 73.2. The van der Waals surface area contributed by atoms with Gasteiger partial charge in [0.25, 0.3) is 23.6 Å². The molecule has 4 saturated heterocycles. The van der Waals surface area contributed by atoms with Gasteiger partial charge in [-0.05, 0) is 92.1 Å². The van der Waals surface area contributed by atoms with Crippen molar-refractivity contribution >= 4 is 93.7 Å². The molecule has 4 fully saturated rings. The summed E-state index contributed by atoms with van der Waals surface area (Å²) in [6.07, 6.45) is 25.7. The summed E-state index contributed by atoms with van der Waals surface area (Å²) in [6, 6.07) is 58.4. The predicted octanol–water partition coefficient (Wildman–Crippen LogP) is 22.5. The summed E-state index contributed by atoms with van der Waals surface area (Å²) >= 11 is 24.4. The van der Waals surface area contributed by atoms with E-state index in [0.717, 1.165) is 89.6 Å². The highest BCUT2D eigenvalue weighted by Gasteiger charge is 2.65. The van der Waals surface area contributed by atoms with E-state index in [4.69, 9.17) is 46.4 Å². The summed E-state index contributed by atoms with van der Waals surface area (Å²) < 4.78 is 39.8. The van der Waals surface area contributed by atoms with E-state index in [9.17, 15) is 51.5 Å². The van der Waals surface area contributed by atoms with E-state index in [-0.39, 0.29) is 48.5 Å². The van der Waals surface area contributed by atoms with Crippen molar-refractivity contribution in [2.75, 3.05) is 52.4 Å². The standard InChI is InChI=1S/C32H43ClN2O2.C26H31ClN2O2.C23H25ClN2O2.C18H12ClF3N2O2/c1-2-3-4-5-6-7-8-9-10-11-12-13-14-19-30(36)34-24-25-35-31(37)28-17-15-16-18-29(28)32(34,35)26-20-22-27(33)23-21-26;1-2-3-4-5-6-7-8-13-24(30)28-18-19-29-25(31)22-11-9-10-12-23(22)26(28,29)20-14-16-21(27)17-15-20;1-2-3-4-5-10-21(27)25-15-16-26-22(28)19-8-6-7-9-20(19)23(25,26)17-11-13-18(24)14-12-17;19-12-7-5-11(6-8-12)17-14-4-2-1-3-13(14)15(25)23(17)9-10-24(17)16(26)18(20,21)22/h15-18,20-23H,2-14,19,24-25H2,1H3;9-12,14-17H,2-8,13,18-19H2,1H3;6-9,11-14H,2-5,10,15-16H2,1H3;1-8H,9-10H2. The molecule has 8 heterocycles. The molecule has 0 aromatic heterocycles. The van der Waals surface area contributed by atoms with Gasteiger partial charge in [0.1, 0.15) is 0 Å².